The average molecular weight is 401 g/mol. The van der Waals surface area contributed by atoms with Gasteiger partial charge in [-0.2, -0.15) is 0 Å². The van der Waals surface area contributed by atoms with Gasteiger partial charge in [0.05, 0.1) is 13.2 Å². The Kier molecular flexibility index (Phi) is 6.13. The lowest BCUT2D eigenvalue weighted by Crippen LogP contribution is -2.42. The van der Waals surface area contributed by atoms with E-state index in [1.165, 1.54) is 10.6 Å². The molecule has 3 N–H and O–H groups in total. The molecular formula is C19H23N5O5. The van der Waals surface area contributed by atoms with Crippen LogP contribution in [0.25, 0.3) is 6.08 Å². The van der Waals surface area contributed by atoms with E-state index in [1.807, 2.05) is 0 Å². The summed E-state index contributed by atoms with van der Waals surface area (Å²) in [5, 5.41) is 2.48. The lowest BCUT2D eigenvalue weighted by Gasteiger charge is -2.25. The van der Waals surface area contributed by atoms with E-state index < -0.39 is 17.2 Å². The predicted molar refractivity (Wildman–Crippen MR) is 108 cm³/mol. The molecule has 0 aromatic carbocycles. The number of nitrogens with two attached hydrogens (primary N) is 1. The Bertz CT molecular complexity index is 1030. The molecule has 10 nitrogen and oxygen atoms in total. The molecule has 1 aliphatic rings. The molecule has 3 heterocycles. The number of amides is 1. The van der Waals surface area contributed by atoms with Crippen molar-refractivity contribution in [2.75, 3.05) is 24.3 Å². The van der Waals surface area contributed by atoms with Gasteiger partial charge in [0.25, 0.3) is 5.56 Å². The third-order valence-corrected chi connectivity index (χ3v) is 4.43. The molecule has 1 fully saturated rings. The van der Waals surface area contributed by atoms with E-state index in [1.54, 1.807) is 38.3 Å². The zero-order valence-electron chi connectivity index (χ0n) is 16.3. The summed E-state index contributed by atoms with van der Waals surface area (Å²) in [5.74, 6) is -0.142. The zero-order valence-corrected chi connectivity index (χ0v) is 16.3. The first kappa shape index (κ1) is 20.3. The van der Waals surface area contributed by atoms with Crippen LogP contribution in [0.1, 0.15) is 19.4 Å². The highest BCUT2D eigenvalue weighted by molar-refractivity contribution is 6.03. The summed E-state index contributed by atoms with van der Waals surface area (Å²) in [6.45, 7) is 4.95. The van der Waals surface area contributed by atoms with Gasteiger partial charge in [0.2, 0.25) is 11.8 Å². The van der Waals surface area contributed by atoms with Crippen LogP contribution in [-0.2, 0) is 22.6 Å². The fourth-order valence-electron chi connectivity index (χ4n) is 2.77. The fraction of sp³-hybridized carbons (Fsp3) is 0.368. The number of hydrogen-bond acceptors (Lipinski definition) is 7. The molecule has 0 saturated carbocycles. The van der Waals surface area contributed by atoms with E-state index in [9.17, 15) is 14.4 Å². The SMILES string of the molecule is CCn1c(N)c(NC(=O)/C=C/c2ccc(OC3COC3)nc2)c(=O)n(CC)c1=O. The molecule has 2 aromatic heterocycles. The topological polar surface area (TPSA) is 130 Å². The maximum absolute atomic E-state index is 12.5. The van der Waals surface area contributed by atoms with Gasteiger partial charge in [0.15, 0.2) is 0 Å². The molecule has 1 saturated heterocycles. The summed E-state index contributed by atoms with van der Waals surface area (Å²) in [6, 6.07) is 3.45. The summed E-state index contributed by atoms with van der Waals surface area (Å²) in [5.41, 5.74) is 5.34. The minimum atomic E-state index is -0.635. The molecule has 0 radical (unpaired) electrons. The normalized spacial score (nSPS) is 14.0. The second-order valence-corrected chi connectivity index (χ2v) is 6.37. The van der Waals surface area contributed by atoms with Crippen LogP contribution < -0.4 is 27.0 Å². The number of carbonyl (C=O) groups is 1. The Morgan fingerprint density at radius 3 is 2.59 bits per heavy atom. The summed E-state index contributed by atoms with van der Waals surface area (Å²) in [7, 11) is 0. The van der Waals surface area contributed by atoms with Crippen LogP contribution >= 0.6 is 0 Å². The summed E-state index contributed by atoms with van der Waals surface area (Å²) in [4.78, 5) is 41.2. The van der Waals surface area contributed by atoms with Gasteiger partial charge in [-0.1, -0.05) is 0 Å². The van der Waals surface area contributed by atoms with Gasteiger partial charge in [-0.25, -0.2) is 9.78 Å². The molecule has 0 unspecified atom stereocenters. The van der Waals surface area contributed by atoms with Crippen molar-refractivity contribution in [3.8, 4) is 5.88 Å². The Morgan fingerprint density at radius 1 is 1.31 bits per heavy atom. The van der Waals surface area contributed by atoms with Crippen LogP contribution in [0.15, 0.2) is 34.0 Å². The molecule has 154 valence electrons. The molecule has 0 atom stereocenters. The number of ether oxygens (including phenoxy) is 2. The first-order chi connectivity index (χ1) is 13.9. The lowest BCUT2D eigenvalue weighted by molar-refractivity contribution is -0.111. The van der Waals surface area contributed by atoms with E-state index in [4.69, 9.17) is 15.2 Å². The predicted octanol–water partition coefficient (Wildman–Crippen LogP) is 0.457. The number of rotatable bonds is 7. The molecule has 1 amide bonds. The molecule has 0 bridgehead atoms. The summed E-state index contributed by atoms with van der Waals surface area (Å²) < 4.78 is 12.9. The van der Waals surface area contributed by atoms with Crippen LogP contribution in [0.4, 0.5) is 11.5 Å². The van der Waals surface area contributed by atoms with Crippen LogP contribution in [0.2, 0.25) is 0 Å². The van der Waals surface area contributed by atoms with Crippen molar-refractivity contribution in [3.05, 3.63) is 50.8 Å². The Balaban J connectivity index is 1.73. The Labute approximate surface area is 166 Å². The first-order valence-electron chi connectivity index (χ1n) is 9.27. The number of aromatic nitrogens is 3. The monoisotopic (exact) mass is 401 g/mol. The van der Waals surface area contributed by atoms with Gasteiger partial charge in [0.1, 0.15) is 17.6 Å². The maximum Gasteiger partial charge on any atom is 0.332 e. The van der Waals surface area contributed by atoms with Gasteiger partial charge in [-0.05, 0) is 31.6 Å². The molecule has 1 aliphatic heterocycles. The van der Waals surface area contributed by atoms with Crippen LogP contribution in [-0.4, -0.2) is 39.3 Å². The van der Waals surface area contributed by atoms with Crippen molar-refractivity contribution >= 4 is 23.5 Å². The summed E-state index contributed by atoms with van der Waals surface area (Å²) >= 11 is 0. The van der Waals surface area contributed by atoms with E-state index in [0.29, 0.717) is 24.7 Å². The minimum Gasteiger partial charge on any atom is -0.469 e. The first-order valence-corrected chi connectivity index (χ1v) is 9.27. The molecule has 0 aliphatic carbocycles. The standard InChI is InChI=1S/C19H23N5O5/c1-3-23-17(20)16(18(26)24(4-2)19(23)27)22-14(25)7-5-12-6-8-15(21-9-12)29-13-10-28-11-13/h5-9,13H,3-4,10-11,20H2,1-2H3,(H,22,25)/b7-5+. The number of hydrogen-bond donors (Lipinski definition) is 2. The smallest absolute Gasteiger partial charge is 0.332 e. The highest BCUT2D eigenvalue weighted by Crippen LogP contribution is 2.15. The third kappa shape index (κ3) is 4.37. The highest BCUT2D eigenvalue weighted by atomic mass is 16.6. The van der Waals surface area contributed by atoms with Gasteiger partial charge in [0, 0.05) is 31.4 Å². The third-order valence-electron chi connectivity index (χ3n) is 4.43. The second-order valence-electron chi connectivity index (χ2n) is 6.37. The van der Waals surface area contributed by atoms with Crippen LogP contribution in [0.3, 0.4) is 0 Å². The van der Waals surface area contributed by atoms with Crippen LogP contribution in [0, 0.1) is 0 Å². The number of nitrogens with one attached hydrogen (secondary N) is 1. The van der Waals surface area contributed by atoms with E-state index in [0.717, 1.165) is 4.57 Å². The van der Waals surface area contributed by atoms with E-state index in [2.05, 4.69) is 10.3 Å². The van der Waals surface area contributed by atoms with Crippen LogP contribution in [0.5, 0.6) is 5.88 Å². The van der Waals surface area contributed by atoms with Gasteiger partial charge >= 0.3 is 5.69 Å². The highest BCUT2D eigenvalue weighted by Gasteiger charge is 2.20. The van der Waals surface area contributed by atoms with Gasteiger partial charge < -0.3 is 20.5 Å². The summed E-state index contributed by atoms with van der Waals surface area (Å²) in [6.07, 6.45) is 4.39. The molecule has 2 aromatic rings. The quantitative estimate of drug-likeness (QED) is 0.644. The Hall–Kier alpha value is -3.40. The largest absolute Gasteiger partial charge is 0.469 e. The van der Waals surface area contributed by atoms with Gasteiger partial charge in [-0.3, -0.25) is 18.7 Å². The number of pyridine rings is 1. The van der Waals surface area contributed by atoms with Crippen molar-refractivity contribution in [2.45, 2.75) is 33.0 Å². The van der Waals surface area contributed by atoms with Gasteiger partial charge in [-0.15, -0.1) is 0 Å². The van der Waals surface area contributed by atoms with Crippen molar-refractivity contribution in [1.82, 2.24) is 14.1 Å². The lowest BCUT2D eigenvalue weighted by atomic mass is 10.2. The van der Waals surface area contributed by atoms with Crippen molar-refractivity contribution in [3.63, 3.8) is 0 Å². The molecular weight excluding hydrogens is 378 g/mol. The van der Waals surface area contributed by atoms with Crippen molar-refractivity contribution in [1.29, 1.82) is 0 Å². The Morgan fingerprint density at radius 2 is 2.03 bits per heavy atom. The molecule has 3 rings (SSSR count). The van der Waals surface area contributed by atoms with Crippen molar-refractivity contribution in [2.24, 2.45) is 0 Å². The average Bonchev–Trinajstić information content (AvgIpc) is 2.68. The molecule has 10 heteroatoms. The molecule has 0 spiro atoms. The fourth-order valence-corrected chi connectivity index (χ4v) is 2.77. The number of nitrogens with zero attached hydrogens (tertiary/aromatic N) is 3. The second kappa shape index (κ2) is 8.74. The zero-order chi connectivity index (χ0) is 21.0. The molecule has 29 heavy (non-hydrogen) atoms. The van der Waals surface area contributed by atoms with Crippen molar-refractivity contribution < 1.29 is 14.3 Å². The number of anilines is 2. The number of carbonyl (C=O) groups excluding carboxylic acids is 1. The van der Waals surface area contributed by atoms with E-state index >= 15 is 0 Å². The van der Waals surface area contributed by atoms with E-state index in [-0.39, 0.29) is 30.7 Å². The number of nitrogen functional groups attached to an aromatic ring is 1. The maximum atomic E-state index is 12.5. The minimum absolute atomic E-state index is 0.0266.